The van der Waals surface area contributed by atoms with Gasteiger partial charge in [-0.15, -0.1) is 0 Å². The molecule has 0 saturated heterocycles. The highest BCUT2D eigenvalue weighted by Gasteiger charge is 2.27. The Labute approximate surface area is 191 Å². The molecule has 2 heterocycles. The van der Waals surface area contributed by atoms with Crippen molar-refractivity contribution in [3.05, 3.63) is 87.5 Å². The Hall–Kier alpha value is -2.72. The van der Waals surface area contributed by atoms with E-state index in [1.807, 2.05) is 24.3 Å². The lowest BCUT2D eigenvalue weighted by molar-refractivity contribution is 0.0501. The number of nitrogens with zero attached hydrogens (tertiary/aromatic N) is 2. The van der Waals surface area contributed by atoms with Crippen LogP contribution in [0.2, 0.25) is 0 Å². The first-order chi connectivity index (χ1) is 15.0. The molecule has 4 rings (SSSR count). The summed E-state index contributed by atoms with van der Waals surface area (Å²) in [5.41, 5.74) is 1.47. The van der Waals surface area contributed by atoms with E-state index in [0.29, 0.717) is 11.0 Å². The molecular formula is C23H20FIN2O4. The van der Waals surface area contributed by atoms with E-state index < -0.39 is 23.9 Å². The molecule has 160 valence electrons. The molecule has 4 aromatic rings. The molecule has 0 aliphatic carbocycles. The topological polar surface area (TPSA) is 77.5 Å². The highest BCUT2D eigenvalue weighted by atomic mass is 127. The van der Waals surface area contributed by atoms with Crippen molar-refractivity contribution in [2.45, 2.75) is 25.5 Å². The summed E-state index contributed by atoms with van der Waals surface area (Å²) in [7, 11) is 0. The number of benzene rings is 2. The van der Waals surface area contributed by atoms with Crippen molar-refractivity contribution in [1.82, 2.24) is 9.55 Å². The van der Waals surface area contributed by atoms with Crippen LogP contribution in [0.4, 0.5) is 4.39 Å². The minimum atomic E-state index is -1.13. The van der Waals surface area contributed by atoms with Gasteiger partial charge in [-0.3, -0.25) is 0 Å². The van der Waals surface area contributed by atoms with Crippen LogP contribution in [0.1, 0.15) is 47.2 Å². The number of carbonyl (C=O) groups excluding carboxylic acids is 1. The van der Waals surface area contributed by atoms with Gasteiger partial charge in [-0.1, -0.05) is 18.2 Å². The summed E-state index contributed by atoms with van der Waals surface area (Å²) >= 11 is 2.21. The quantitative estimate of drug-likeness (QED) is 0.259. The smallest absolute Gasteiger partial charge is 0.374 e. The van der Waals surface area contributed by atoms with Crippen LogP contribution in [0.15, 0.2) is 65.5 Å². The number of hydrogen-bond acceptors (Lipinski definition) is 5. The Bertz CT molecular complexity index is 1220. The van der Waals surface area contributed by atoms with Crippen molar-refractivity contribution in [1.29, 1.82) is 0 Å². The Morgan fingerprint density at radius 3 is 2.87 bits per heavy atom. The van der Waals surface area contributed by atoms with E-state index in [-0.39, 0.29) is 24.4 Å². The molecule has 2 atom stereocenters. The lowest BCUT2D eigenvalue weighted by atomic mass is 9.95. The fourth-order valence-electron chi connectivity index (χ4n) is 3.65. The second-order valence-electron chi connectivity index (χ2n) is 7.00. The molecule has 0 saturated carbocycles. The first kappa shape index (κ1) is 21.5. The van der Waals surface area contributed by atoms with Gasteiger partial charge in [-0.25, -0.2) is 14.2 Å². The third-order valence-electron chi connectivity index (χ3n) is 5.10. The number of hydrogen-bond donors (Lipinski definition) is 1. The van der Waals surface area contributed by atoms with Gasteiger partial charge in [-0.05, 0) is 53.3 Å². The number of fused-ring (bicyclic) bond motifs is 1. The monoisotopic (exact) mass is 534 g/mol. The maximum atomic E-state index is 14.7. The number of imidazole rings is 1. The number of ether oxygens (including phenoxy) is 1. The zero-order valence-corrected chi connectivity index (χ0v) is 18.8. The van der Waals surface area contributed by atoms with E-state index in [2.05, 4.69) is 27.6 Å². The van der Waals surface area contributed by atoms with E-state index in [0.717, 1.165) is 9.13 Å². The Morgan fingerprint density at radius 1 is 1.29 bits per heavy atom. The average molecular weight is 534 g/mol. The van der Waals surface area contributed by atoms with Crippen LogP contribution in [0.3, 0.4) is 0 Å². The van der Waals surface area contributed by atoms with Gasteiger partial charge in [0.25, 0.3) is 0 Å². The summed E-state index contributed by atoms with van der Waals surface area (Å²) in [5, 5.41) is 11.7. The molecule has 0 unspecified atom stereocenters. The van der Waals surface area contributed by atoms with Crippen molar-refractivity contribution in [2.75, 3.05) is 6.61 Å². The molecule has 31 heavy (non-hydrogen) atoms. The number of aliphatic hydroxyl groups is 1. The SMILES string of the molecule is CCOC(=O)c1nccn1[C@@H](C[C@H](O)c1cc2ccoc2cc1F)c1ccccc1I. The summed E-state index contributed by atoms with van der Waals surface area (Å²) in [6.07, 6.45) is 3.66. The number of esters is 1. The minimum absolute atomic E-state index is 0.128. The molecule has 0 aliphatic rings. The number of carbonyl (C=O) groups is 1. The zero-order chi connectivity index (χ0) is 22.0. The maximum Gasteiger partial charge on any atom is 0.374 e. The molecule has 2 aromatic heterocycles. The van der Waals surface area contributed by atoms with Crippen LogP contribution < -0.4 is 0 Å². The van der Waals surface area contributed by atoms with E-state index in [9.17, 15) is 14.3 Å². The Kier molecular flexibility index (Phi) is 6.38. The number of aliphatic hydroxyl groups excluding tert-OH is 1. The largest absolute Gasteiger partial charge is 0.464 e. The van der Waals surface area contributed by atoms with Crippen LogP contribution in [-0.2, 0) is 4.74 Å². The molecule has 0 radical (unpaired) electrons. The van der Waals surface area contributed by atoms with E-state index in [1.54, 1.807) is 29.8 Å². The summed E-state index contributed by atoms with van der Waals surface area (Å²) in [5.74, 6) is -0.971. The molecule has 0 aliphatic heterocycles. The Morgan fingerprint density at radius 2 is 2.10 bits per heavy atom. The predicted octanol–water partition coefficient (Wildman–Crippen LogP) is 5.26. The van der Waals surface area contributed by atoms with Crippen molar-refractivity contribution in [2.24, 2.45) is 0 Å². The van der Waals surface area contributed by atoms with Gasteiger partial charge in [0.15, 0.2) is 0 Å². The average Bonchev–Trinajstić information content (AvgIpc) is 3.41. The van der Waals surface area contributed by atoms with E-state index in [1.165, 1.54) is 18.5 Å². The standard InChI is InChI=1S/C23H20FIN2O4/c1-2-30-23(29)22-26-8-9-27(22)19(15-5-3-4-6-18(15)25)13-20(28)16-11-14-7-10-31-21(14)12-17(16)24/h3-12,19-20,28H,2,13H2,1H3/t19-,20-/m0/s1. The number of aromatic nitrogens is 2. The minimum Gasteiger partial charge on any atom is -0.464 e. The molecule has 0 bridgehead atoms. The molecular weight excluding hydrogens is 514 g/mol. The van der Waals surface area contributed by atoms with Crippen molar-refractivity contribution >= 4 is 39.5 Å². The van der Waals surface area contributed by atoms with Crippen LogP contribution in [0, 0.1) is 9.39 Å². The zero-order valence-electron chi connectivity index (χ0n) is 16.7. The van der Waals surface area contributed by atoms with Crippen LogP contribution in [0.5, 0.6) is 0 Å². The van der Waals surface area contributed by atoms with Gasteiger partial charge >= 0.3 is 5.97 Å². The van der Waals surface area contributed by atoms with Crippen LogP contribution in [-0.4, -0.2) is 27.2 Å². The van der Waals surface area contributed by atoms with Gasteiger partial charge in [0.05, 0.1) is 25.0 Å². The van der Waals surface area contributed by atoms with Crippen molar-refractivity contribution in [3.8, 4) is 0 Å². The van der Waals surface area contributed by atoms with Gasteiger partial charge in [0.1, 0.15) is 11.4 Å². The molecule has 2 aromatic carbocycles. The summed E-state index contributed by atoms with van der Waals surface area (Å²) in [6, 6.07) is 11.8. The first-order valence-corrected chi connectivity index (χ1v) is 10.9. The number of furan rings is 1. The highest BCUT2D eigenvalue weighted by Crippen LogP contribution is 2.35. The van der Waals surface area contributed by atoms with E-state index in [4.69, 9.17) is 9.15 Å². The number of rotatable bonds is 7. The van der Waals surface area contributed by atoms with Gasteiger partial charge in [-0.2, -0.15) is 0 Å². The molecule has 0 amide bonds. The summed E-state index contributed by atoms with van der Waals surface area (Å²) < 4.78 is 27.7. The lowest BCUT2D eigenvalue weighted by Gasteiger charge is -2.25. The second kappa shape index (κ2) is 9.19. The van der Waals surface area contributed by atoms with Gasteiger partial charge in [0.2, 0.25) is 5.82 Å². The number of halogens is 2. The fourth-order valence-corrected chi connectivity index (χ4v) is 4.40. The third kappa shape index (κ3) is 4.35. The molecule has 1 N–H and O–H groups in total. The molecule has 0 spiro atoms. The molecule has 6 nitrogen and oxygen atoms in total. The highest BCUT2D eigenvalue weighted by molar-refractivity contribution is 14.1. The molecule has 8 heteroatoms. The van der Waals surface area contributed by atoms with E-state index >= 15 is 0 Å². The fraction of sp³-hybridized carbons (Fsp3) is 0.217. The normalized spacial score (nSPS) is 13.3. The Balaban J connectivity index is 1.75. The predicted molar refractivity (Wildman–Crippen MR) is 121 cm³/mol. The molecule has 0 fully saturated rings. The van der Waals surface area contributed by atoms with Crippen molar-refractivity contribution in [3.63, 3.8) is 0 Å². The van der Waals surface area contributed by atoms with Gasteiger partial charge in [0, 0.05) is 39.4 Å². The summed E-state index contributed by atoms with van der Waals surface area (Å²) in [4.78, 5) is 16.6. The third-order valence-corrected chi connectivity index (χ3v) is 6.09. The van der Waals surface area contributed by atoms with Crippen LogP contribution in [0.25, 0.3) is 11.0 Å². The lowest BCUT2D eigenvalue weighted by Crippen LogP contribution is -2.21. The van der Waals surface area contributed by atoms with Gasteiger partial charge < -0.3 is 18.8 Å². The second-order valence-corrected chi connectivity index (χ2v) is 8.16. The first-order valence-electron chi connectivity index (χ1n) is 9.78. The van der Waals surface area contributed by atoms with Crippen LogP contribution >= 0.6 is 22.6 Å². The maximum absolute atomic E-state index is 14.7. The van der Waals surface area contributed by atoms with Crippen molar-refractivity contribution < 1.29 is 23.4 Å². The summed E-state index contributed by atoms with van der Waals surface area (Å²) in [6.45, 7) is 1.94.